The van der Waals surface area contributed by atoms with E-state index in [1.807, 2.05) is 0 Å². The molecule has 0 saturated carbocycles. The zero-order valence-corrected chi connectivity index (χ0v) is 8.25. The van der Waals surface area contributed by atoms with Gasteiger partial charge in [-0.2, -0.15) is 0 Å². The molecular weight excluding hydrogens is 179 g/mol. The summed E-state index contributed by atoms with van der Waals surface area (Å²) in [4.78, 5) is 19.6. The number of carboxylic acids is 1. The van der Waals surface area contributed by atoms with E-state index in [2.05, 4.69) is 0 Å². The molecule has 0 aliphatic rings. The van der Waals surface area contributed by atoms with Crippen molar-refractivity contribution in [3.63, 3.8) is 0 Å². The zero-order valence-electron chi connectivity index (χ0n) is 7.36. The second kappa shape index (κ2) is 4.63. The normalized spacial score (nSPS) is 18.2. The van der Waals surface area contributed by atoms with Crippen molar-refractivity contribution in [2.45, 2.75) is 32.3 Å². The van der Waals surface area contributed by atoms with E-state index in [1.54, 1.807) is 6.92 Å². The summed E-state index contributed by atoms with van der Waals surface area (Å²) < 4.78 is 11.3. The van der Waals surface area contributed by atoms with Crippen LogP contribution in [0, 0.1) is 0 Å². The number of aliphatic carboxylic acids is 1. The molecule has 4 nitrogen and oxygen atoms in total. The molecule has 2 unspecified atom stereocenters. The quantitative estimate of drug-likeness (QED) is 0.651. The van der Waals surface area contributed by atoms with E-state index in [4.69, 9.17) is 5.11 Å². The Balaban J connectivity index is 4.15. The Morgan fingerprint density at radius 3 is 2.42 bits per heavy atom. The lowest BCUT2D eigenvalue weighted by Crippen LogP contribution is -2.11. The minimum atomic E-state index is -3.22. The molecule has 0 amide bonds. The summed E-state index contributed by atoms with van der Waals surface area (Å²) in [5, 5.41) is 8.38. The van der Waals surface area contributed by atoms with Crippen LogP contribution in [0.15, 0.2) is 0 Å². The second-order valence-corrected chi connectivity index (χ2v) is 5.77. The molecule has 0 bridgehead atoms. The number of rotatable bonds is 5. The summed E-state index contributed by atoms with van der Waals surface area (Å²) in [5.41, 5.74) is -0.630. The van der Waals surface area contributed by atoms with E-state index >= 15 is 0 Å². The molecule has 0 aromatic rings. The first-order valence-electron chi connectivity index (χ1n) is 3.93. The van der Waals surface area contributed by atoms with Gasteiger partial charge < -0.3 is 10.00 Å². The number of hydrogen-bond donors (Lipinski definition) is 2. The summed E-state index contributed by atoms with van der Waals surface area (Å²) in [6.07, 6.45) is 0.590. The Labute approximate surface area is 72.1 Å². The van der Waals surface area contributed by atoms with Crippen LogP contribution in [0.25, 0.3) is 0 Å². The van der Waals surface area contributed by atoms with Gasteiger partial charge >= 0.3 is 5.97 Å². The average Bonchev–Trinajstić information content (AvgIpc) is 1.85. The number of carboxylic acid groups (broad SMARTS) is 1. The molecule has 0 aromatic carbocycles. The Hall–Kier alpha value is -0.340. The largest absolute Gasteiger partial charge is 0.481 e. The lowest BCUT2D eigenvalue weighted by molar-refractivity contribution is -0.137. The van der Waals surface area contributed by atoms with Crippen LogP contribution in [0.4, 0.5) is 0 Å². The predicted octanol–water partition coefficient (Wildman–Crippen LogP) is 1.53. The van der Waals surface area contributed by atoms with Crippen LogP contribution in [-0.2, 0) is 9.36 Å². The van der Waals surface area contributed by atoms with Gasteiger partial charge in [-0.05, 0) is 6.42 Å². The maximum Gasteiger partial charge on any atom is 0.304 e. The van der Waals surface area contributed by atoms with Crippen LogP contribution in [0.5, 0.6) is 0 Å². The van der Waals surface area contributed by atoms with Gasteiger partial charge in [0.25, 0.3) is 0 Å². The van der Waals surface area contributed by atoms with Crippen LogP contribution < -0.4 is 0 Å². The molecule has 0 fully saturated rings. The molecule has 0 saturated heterocycles. The smallest absolute Gasteiger partial charge is 0.304 e. The van der Waals surface area contributed by atoms with Crippen LogP contribution in [0.3, 0.4) is 0 Å². The van der Waals surface area contributed by atoms with Crippen molar-refractivity contribution in [3.05, 3.63) is 0 Å². The van der Waals surface area contributed by atoms with E-state index in [1.165, 1.54) is 6.92 Å². The SMILES string of the molecule is CCCP(=O)(O)C(C)CC(=O)O. The Bertz CT molecular complexity index is 202. The Kier molecular flexibility index (Phi) is 4.50. The van der Waals surface area contributed by atoms with Gasteiger partial charge in [0.15, 0.2) is 0 Å². The minimum absolute atomic E-state index is 0.210. The fourth-order valence-electron chi connectivity index (χ4n) is 0.936. The van der Waals surface area contributed by atoms with Crippen molar-refractivity contribution in [3.8, 4) is 0 Å². The lowest BCUT2D eigenvalue weighted by atomic mass is 10.3. The van der Waals surface area contributed by atoms with Gasteiger partial charge in [0.05, 0.1) is 6.42 Å². The summed E-state index contributed by atoms with van der Waals surface area (Å²) in [7, 11) is -3.22. The molecule has 72 valence electrons. The molecule has 0 spiro atoms. The van der Waals surface area contributed by atoms with Crippen LogP contribution in [0.1, 0.15) is 26.7 Å². The molecule has 0 aliphatic carbocycles. The Morgan fingerprint density at radius 2 is 2.08 bits per heavy atom. The van der Waals surface area contributed by atoms with E-state index in [9.17, 15) is 14.3 Å². The number of carbonyl (C=O) groups is 1. The van der Waals surface area contributed by atoms with Gasteiger partial charge in [-0.3, -0.25) is 9.36 Å². The van der Waals surface area contributed by atoms with Crippen molar-refractivity contribution < 1.29 is 19.4 Å². The molecule has 0 heterocycles. The highest BCUT2D eigenvalue weighted by Crippen LogP contribution is 2.47. The molecule has 0 rings (SSSR count). The second-order valence-electron chi connectivity index (χ2n) is 2.93. The molecule has 5 heteroatoms. The summed E-state index contributed by atoms with van der Waals surface area (Å²) >= 11 is 0. The maximum atomic E-state index is 11.3. The monoisotopic (exact) mass is 194 g/mol. The average molecular weight is 194 g/mol. The van der Waals surface area contributed by atoms with Crippen molar-refractivity contribution in [2.75, 3.05) is 6.16 Å². The molecule has 0 radical (unpaired) electrons. The highest BCUT2D eigenvalue weighted by molar-refractivity contribution is 7.58. The minimum Gasteiger partial charge on any atom is -0.481 e. The van der Waals surface area contributed by atoms with E-state index in [0.717, 1.165) is 0 Å². The van der Waals surface area contributed by atoms with Crippen molar-refractivity contribution in [1.29, 1.82) is 0 Å². The maximum absolute atomic E-state index is 11.3. The fourth-order valence-corrected chi connectivity index (χ4v) is 2.46. The highest BCUT2D eigenvalue weighted by atomic mass is 31.2. The van der Waals surface area contributed by atoms with Crippen molar-refractivity contribution in [2.24, 2.45) is 0 Å². The van der Waals surface area contributed by atoms with Crippen molar-refractivity contribution in [1.82, 2.24) is 0 Å². The van der Waals surface area contributed by atoms with Crippen molar-refractivity contribution >= 4 is 13.3 Å². The standard InChI is InChI=1S/C7H15O4P/c1-3-4-12(10,11)6(2)5-7(8)9/h6H,3-5H2,1-2H3,(H,8,9)(H,10,11). The van der Waals surface area contributed by atoms with E-state index in [0.29, 0.717) is 6.42 Å². The summed E-state index contributed by atoms with van der Waals surface area (Å²) in [6.45, 7) is 3.31. The van der Waals surface area contributed by atoms with Gasteiger partial charge in [0.1, 0.15) is 0 Å². The first kappa shape index (κ1) is 11.7. The Morgan fingerprint density at radius 1 is 1.58 bits per heavy atom. The lowest BCUT2D eigenvalue weighted by Gasteiger charge is -2.16. The predicted molar refractivity (Wildman–Crippen MR) is 46.7 cm³/mol. The van der Waals surface area contributed by atoms with Gasteiger partial charge in [-0.15, -0.1) is 0 Å². The highest BCUT2D eigenvalue weighted by Gasteiger charge is 2.27. The summed E-state index contributed by atoms with van der Waals surface area (Å²) in [6, 6.07) is 0. The van der Waals surface area contributed by atoms with E-state index < -0.39 is 19.0 Å². The van der Waals surface area contributed by atoms with Crippen LogP contribution >= 0.6 is 7.37 Å². The summed E-state index contributed by atoms with van der Waals surface area (Å²) in [5.74, 6) is -1.02. The third kappa shape index (κ3) is 3.88. The fraction of sp³-hybridized carbons (Fsp3) is 0.857. The molecule has 2 N–H and O–H groups in total. The van der Waals surface area contributed by atoms with Gasteiger partial charge in [0.2, 0.25) is 7.37 Å². The number of hydrogen-bond acceptors (Lipinski definition) is 2. The zero-order chi connectivity index (χ0) is 9.78. The molecule has 0 aromatic heterocycles. The molecule has 12 heavy (non-hydrogen) atoms. The van der Waals surface area contributed by atoms with Crippen LogP contribution in [-0.4, -0.2) is 27.8 Å². The molecular formula is C7H15O4P. The van der Waals surface area contributed by atoms with Gasteiger partial charge in [-0.25, -0.2) is 0 Å². The first-order valence-corrected chi connectivity index (χ1v) is 5.84. The van der Waals surface area contributed by atoms with E-state index in [-0.39, 0.29) is 12.6 Å². The first-order chi connectivity index (χ1) is 5.40. The molecule has 0 aliphatic heterocycles. The molecule has 2 atom stereocenters. The van der Waals surface area contributed by atoms with Gasteiger partial charge in [0, 0.05) is 11.8 Å². The van der Waals surface area contributed by atoms with Gasteiger partial charge in [-0.1, -0.05) is 13.8 Å². The topological polar surface area (TPSA) is 74.6 Å². The third-order valence-corrected chi connectivity index (χ3v) is 4.35. The van der Waals surface area contributed by atoms with Crippen LogP contribution in [0.2, 0.25) is 0 Å². The third-order valence-electron chi connectivity index (χ3n) is 1.70.